The predicted octanol–water partition coefficient (Wildman–Crippen LogP) is 1.74. The summed E-state index contributed by atoms with van der Waals surface area (Å²) < 4.78 is 55.9. The van der Waals surface area contributed by atoms with Crippen LogP contribution in [0, 0.1) is 0 Å². The van der Waals surface area contributed by atoms with Gasteiger partial charge in [-0.3, -0.25) is 0 Å². The van der Waals surface area contributed by atoms with Crippen LogP contribution in [0.25, 0.3) is 0 Å². The van der Waals surface area contributed by atoms with Gasteiger partial charge in [-0.1, -0.05) is 22.6 Å². The zero-order valence-corrected chi connectivity index (χ0v) is 8.50. The number of sulfone groups is 1. The molecule has 0 saturated heterocycles. The molecule has 0 fully saturated rings. The van der Waals surface area contributed by atoms with E-state index in [4.69, 9.17) is 0 Å². The van der Waals surface area contributed by atoms with Crippen LogP contribution in [-0.2, 0) is 9.84 Å². The third kappa shape index (κ3) is 2.46. The molecule has 0 heterocycles. The molecule has 1 unspecified atom stereocenters. The molecule has 0 amide bonds. The lowest BCUT2D eigenvalue weighted by Crippen LogP contribution is -2.33. The molecular formula is C4H6F3IO2S. The highest BCUT2D eigenvalue weighted by Gasteiger charge is 2.48. The van der Waals surface area contributed by atoms with E-state index >= 15 is 0 Å². The van der Waals surface area contributed by atoms with Gasteiger partial charge in [0.05, 0.1) is 5.25 Å². The van der Waals surface area contributed by atoms with E-state index in [9.17, 15) is 21.6 Å². The largest absolute Gasteiger partial charge is 0.497 e. The molecule has 68 valence electrons. The molecule has 0 radical (unpaired) electrons. The summed E-state index contributed by atoms with van der Waals surface area (Å²) in [6.45, 7) is 1.04. The Kier molecular flexibility index (Phi) is 3.61. The smallest absolute Gasteiger partial charge is 0.219 e. The number of rotatable bonds is 2. The van der Waals surface area contributed by atoms with Crippen LogP contribution >= 0.6 is 22.6 Å². The second kappa shape index (κ2) is 3.46. The molecule has 11 heavy (non-hydrogen) atoms. The van der Waals surface area contributed by atoms with Crippen molar-refractivity contribution in [2.24, 2.45) is 0 Å². The molecule has 0 bridgehead atoms. The van der Waals surface area contributed by atoms with E-state index in [2.05, 4.69) is 0 Å². The van der Waals surface area contributed by atoms with Crippen molar-refractivity contribution < 1.29 is 21.6 Å². The van der Waals surface area contributed by atoms with Crippen LogP contribution < -0.4 is 0 Å². The highest BCUT2D eigenvalue weighted by atomic mass is 127. The van der Waals surface area contributed by atoms with E-state index in [0.29, 0.717) is 0 Å². The van der Waals surface area contributed by atoms with Crippen LogP contribution in [0.15, 0.2) is 0 Å². The molecule has 0 aliphatic heterocycles. The average Bonchev–Trinajstić information content (AvgIpc) is 1.83. The monoisotopic (exact) mass is 302 g/mol. The molecule has 1 atom stereocenters. The van der Waals surface area contributed by atoms with Crippen molar-refractivity contribution in [3.63, 3.8) is 0 Å². The van der Waals surface area contributed by atoms with Crippen molar-refractivity contribution in [2.45, 2.75) is 17.7 Å². The van der Waals surface area contributed by atoms with Crippen molar-refractivity contribution in [3.05, 3.63) is 0 Å². The van der Waals surface area contributed by atoms with Gasteiger partial charge in [-0.15, -0.1) is 0 Å². The maximum absolute atomic E-state index is 11.7. The Labute approximate surface area is 76.2 Å². The minimum absolute atomic E-state index is 0.0559. The fourth-order valence-electron chi connectivity index (χ4n) is 0.311. The van der Waals surface area contributed by atoms with Crippen LogP contribution in [0.4, 0.5) is 13.2 Å². The Morgan fingerprint density at radius 2 is 1.82 bits per heavy atom. The van der Waals surface area contributed by atoms with Crippen LogP contribution in [0.2, 0.25) is 0 Å². The third-order valence-corrected chi connectivity index (χ3v) is 4.86. The first kappa shape index (κ1) is 11.5. The van der Waals surface area contributed by atoms with Gasteiger partial charge in [-0.05, 0) is 6.92 Å². The molecule has 0 aliphatic carbocycles. The Morgan fingerprint density at radius 3 is 1.91 bits per heavy atom. The minimum atomic E-state index is -5.11. The maximum Gasteiger partial charge on any atom is 0.497 e. The van der Waals surface area contributed by atoms with Crippen LogP contribution in [-0.4, -0.2) is 23.6 Å². The van der Waals surface area contributed by atoms with Gasteiger partial charge >= 0.3 is 5.51 Å². The third-order valence-electron chi connectivity index (χ3n) is 1.07. The zero-order valence-electron chi connectivity index (χ0n) is 5.52. The second-order valence-corrected chi connectivity index (χ2v) is 5.19. The van der Waals surface area contributed by atoms with Gasteiger partial charge in [0.25, 0.3) is 9.84 Å². The topological polar surface area (TPSA) is 34.1 Å². The Hall–Kier alpha value is 0.470. The Balaban J connectivity index is 4.77. The maximum atomic E-state index is 11.7. The van der Waals surface area contributed by atoms with Crippen molar-refractivity contribution in [3.8, 4) is 0 Å². The van der Waals surface area contributed by atoms with Crippen LogP contribution in [0.3, 0.4) is 0 Å². The normalized spacial score (nSPS) is 16.5. The molecule has 0 saturated carbocycles. The van der Waals surface area contributed by atoms with Crippen LogP contribution in [0.1, 0.15) is 6.92 Å². The van der Waals surface area contributed by atoms with E-state index in [0.717, 1.165) is 6.92 Å². The summed E-state index contributed by atoms with van der Waals surface area (Å²) in [7, 11) is -4.93. The van der Waals surface area contributed by atoms with Gasteiger partial charge < -0.3 is 0 Å². The number of hydrogen-bond donors (Lipinski definition) is 0. The number of hydrogen-bond acceptors (Lipinski definition) is 2. The molecule has 0 rings (SSSR count). The lowest BCUT2D eigenvalue weighted by Gasteiger charge is -2.11. The van der Waals surface area contributed by atoms with Crippen molar-refractivity contribution in [1.82, 2.24) is 0 Å². The van der Waals surface area contributed by atoms with Gasteiger partial charge in [0.15, 0.2) is 0 Å². The van der Waals surface area contributed by atoms with E-state index in [1.165, 1.54) is 0 Å². The van der Waals surface area contributed by atoms with E-state index in [-0.39, 0.29) is 4.43 Å². The molecular weight excluding hydrogens is 296 g/mol. The first-order chi connectivity index (χ1) is 4.73. The van der Waals surface area contributed by atoms with Crippen molar-refractivity contribution >= 4 is 32.4 Å². The zero-order chi connectivity index (χ0) is 9.28. The SMILES string of the molecule is CC(CI)S(=O)(=O)C(F)(F)F. The van der Waals surface area contributed by atoms with Crippen molar-refractivity contribution in [2.75, 3.05) is 4.43 Å². The molecule has 0 aromatic heterocycles. The summed E-state index contributed by atoms with van der Waals surface area (Å²) in [6.07, 6.45) is 0. The average molecular weight is 302 g/mol. The fraction of sp³-hybridized carbons (Fsp3) is 1.00. The molecule has 0 aliphatic rings. The molecule has 2 nitrogen and oxygen atoms in total. The number of halogens is 4. The summed E-state index contributed by atoms with van der Waals surface area (Å²) in [6, 6.07) is 0. The molecule has 0 N–H and O–H groups in total. The fourth-order valence-corrected chi connectivity index (χ4v) is 2.35. The molecule has 0 aromatic carbocycles. The summed E-state index contributed by atoms with van der Waals surface area (Å²) in [5, 5.41) is -1.36. The van der Waals surface area contributed by atoms with Gasteiger partial charge in [-0.2, -0.15) is 13.2 Å². The van der Waals surface area contributed by atoms with Gasteiger partial charge in [0, 0.05) is 4.43 Å². The molecule has 0 aromatic rings. The quantitative estimate of drug-likeness (QED) is 0.575. The van der Waals surface area contributed by atoms with E-state index < -0.39 is 20.6 Å². The minimum Gasteiger partial charge on any atom is -0.219 e. The lowest BCUT2D eigenvalue weighted by atomic mass is 10.6. The summed E-state index contributed by atoms with van der Waals surface area (Å²) in [5.74, 6) is 0. The summed E-state index contributed by atoms with van der Waals surface area (Å²) in [4.78, 5) is 0. The predicted molar refractivity (Wildman–Crippen MR) is 43.3 cm³/mol. The highest BCUT2D eigenvalue weighted by molar-refractivity contribution is 14.1. The Bertz CT molecular complexity index is 220. The summed E-state index contributed by atoms with van der Waals surface area (Å²) in [5.41, 5.74) is -5.11. The Morgan fingerprint density at radius 1 is 1.45 bits per heavy atom. The van der Waals surface area contributed by atoms with Crippen LogP contribution in [0.5, 0.6) is 0 Å². The molecule has 7 heteroatoms. The van der Waals surface area contributed by atoms with Gasteiger partial charge in [0.1, 0.15) is 0 Å². The first-order valence-corrected chi connectivity index (χ1v) is 5.66. The number of alkyl halides is 4. The lowest BCUT2D eigenvalue weighted by molar-refractivity contribution is -0.0441. The summed E-state index contributed by atoms with van der Waals surface area (Å²) >= 11 is 1.60. The first-order valence-electron chi connectivity index (χ1n) is 2.59. The van der Waals surface area contributed by atoms with E-state index in [1.54, 1.807) is 22.6 Å². The van der Waals surface area contributed by atoms with E-state index in [1.807, 2.05) is 0 Å². The second-order valence-electron chi connectivity index (χ2n) is 1.96. The van der Waals surface area contributed by atoms with Crippen molar-refractivity contribution in [1.29, 1.82) is 0 Å². The molecule has 0 spiro atoms. The van der Waals surface area contributed by atoms with Gasteiger partial charge in [-0.25, -0.2) is 8.42 Å². The highest BCUT2D eigenvalue weighted by Crippen LogP contribution is 2.27. The van der Waals surface area contributed by atoms with Gasteiger partial charge in [0.2, 0.25) is 0 Å². The standard InChI is InChI=1S/C4H6F3IO2S/c1-3(2-8)11(9,10)4(5,6)7/h3H,2H2,1H3.